The fraction of sp³-hybridized carbons (Fsp3) is 0.880. The first-order valence-corrected chi connectivity index (χ1v) is 12.8. The topological polar surface area (TPSA) is 72.6 Å². The summed E-state index contributed by atoms with van der Waals surface area (Å²) in [5, 5.41) is 11.2. The van der Waals surface area contributed by atoms with E-state index in [0.29, 0.717) is 30.2 Å². The van der Waals surface area contributed by atoms with Gasteiger partial charge in [-0.25, -0.2) is 0 Å². The molecule has 0 aromatic heterocycles. The summed E-state index contributed by atoms with van der Waals surface area (Å²) in [4.78, 5) is 11.6. The lowest BCUT2D eigenvalue weighted by atomic mass is 9.78. The third-order valence-electron chi connectivity index (χ3n) is 7.31. The van der Waals surface area contributed by atoms with Gasteiger partial charge >= 0.3 is 0 Å². The Hall–Kier alpha value is -0.360. The third-order valence-corrected chi connectivity index (χ3v) is 8.81. The van der Waals surface area contributed by atoms with Crippen LogP contribution in [-0.2, 0) is 9.53 Å². The molecular weight excluding hydrogens is 394 g/mol. The molecule has 0 radical (unpaired) electrons. The second-order valence-electron chi connectivity index (χ2n) is 9.67. The number of carbonyl (C=O) groups is 1. The third kappa shape index (κ3) is 8.29. The lowest BCUT2D eigenvalue weighted by molar-refractivity contribution is -0.147. The molecule has 0 aromatic carbocycles. The van der Waals surface area contributed by atoms with E-state index in [-0.39, 0.29) is 24.2 Å². The Morgan fingerprint density at radius 3 is 2.13 bits per heavy atom. The average molecular weight is 444 g/mol. The second-order valence-corrected chi connectivity index (χ2v) is 10.8. The molecule has 5 heteroatoms. The quantitative estimate of drug-likeness (QED) is 0.257. The van der Waals surface area contributed by atoms with Crippen LogP contribution < -0.4 is 5.73 Å². The zero-order valence-corrected chi connectivity index (χ0v) is 22.0. The van der Waals surface area contributed by atoms with E-state index < -0.39 is 11.0 Å². The summed E-state index contributed by atoms with van der Waals surface area (Å²) < 4.78 is 5.44. The normalized spacial score (nSPS) is 20.9. The minimum Gasteiger partial charge on any atom is -0.367 e. The number of hydrogen-bond acceptors (Lipinski definition) is 5. The van der Waals surface area contributed by atoms with Gasteiger partial charge in [0.05, 0.1) is 11.4 Å². The summed E-state index contributed by atoms with van der Waals surface area (Å²) in [6.07, 6.45) is 5.33. The van der Waals surface area contributed by atoms with Crippen LogP contribution in [0.4, 0.5) is 0 Å². The van der Waals surface area contributed by atoms with Crippen LogP contribution in [0.5, 0.6) is 0 Å². The van der Waals surface area contributed by atoms with Gasteiger partial charge in [-0.05, 0) is 62.7 Å². The molecule has 0 spiro atoms. The summed E-state index contributed by atoms with van der Waals surface area (Å²) >= 11 is 1.68. The molecule has 4 nitrogen and oxygen atoms in total. The molecule has 7 atom stereocenters. The first-order chi connectivity index (χ1) is 13.9. The van der Waals surface area contributed by atoms with Gasteiger partial charge in [0.15, 0.2) is 6.29 Å². The highest BCUT2D eigenvalue weighted by Gasteiger charge is 2.44. The molecule has 0 bridgehead atoms. The van der Waals surface area contributed by atoms with Gasteiger partial charge in [0.25, 0.3) is 0 Å². The van der Waals surface area contributed by atoms with Crippen molar-refractivity contribution in [1.29, 1.82) is 0 Å². The first kappa shape index (κ1) is 29.6. The lowest BCUT2D eigenvalue weighted by Crippen LogP contribution is -2.48. The number of aliphatic hydroxyl groups is 1. The van der Waals surface area contributed by atoms with Gasteiger partial charge in [0.2, 0.25) is 0 Å². The van der Waals surface area contributed by atoms with Crippen molar-refractivity contribution < 1.29 is 14.6 Å². The smallest absolute Gasteiger partial charge is 0.169 e. The maximum absolute atomic E-state index is 11.6. The zero-order valence-electron chi connectivity index (χ0n) is 21.2. The van der Waals surface area contributed by atoms with Crippen molar-refractivity contribution in [2.24, 2.45) is 41.2 Å². The van der Waals surface area contributed by atoms with Crippen molar-refractivity contribution in [3.8, 4) is 0 Å². The molecule has 0 aromatic rings. The summed E-state index contributed by atoms with van der Waals surface area (Å²) in [5.41, 5.74) is 7.30. The van der Waals surface area contributed by atoms with Crippen LogP contribution in [-0.4, -0.2) is 41.3 Å². The van der Waals surface area contributed by atoms with Crippen LogP contribution in [0.15, 0.2) is 11.6 Å². The number of hydrogen-bond donors (Lipinski definition) is 2. The standard InChI is InChI=1S/C25H49NO3S/c1-11-23(14-26)21(8)17(4)12-20(7)25(30-10,13-18(5)16(2)3)24(28)29-15-19(6)22(9)27/h12,16,18-21,23-24,28H,11,13-15,26H2,1-10H3. The van der Waals surface area contributed by atoms with E-state index >= 15 is 0 Å². The Morgan fingerprint density at radius 2 is 1.73 bits per heavy atom. The molecule has 0 aliphatic rings. The fourth-order valence-electron chi connectivity index (χ4n) is 3.90. The van der Waals surface area contributed by atoms with Crippen molar-refractivity contribution in [1.82, 2.24) is 0 Å². The van der Waals surface area contributed by atoms with Gasteiger partial charge in [-0.2, -0.15) is 11.8 Å². The summed E-state index contributed by atoms with van der Waals surface area (Å²) in [7, 11) is 0. The van der Waals surface area contributed by atoms with Crippen molar-refractivity contribution in [3.05, 3.63) is 11.6 Å². The Bertz CT molecular complexity index is 532. The molecule has 0 amide bonds. The van der Waals surface area contributed by atoms with Crippen LogP contribution >= 0.6 is 11.8 Å². The highest BCUT2D eigenvalue weighted by Crippen LogP contribution is 2.44. The molecule has 30 heavy (non-hydrogen) atoms. The minimum absolute atomic E-state index is 0.0810. The number of aliphatic hydroxyl groups excluding tert-OH is 1. The van der Waals surface area contributed by atoms with Crippen molar-refractivity contribution in [2.75, 3.05) is 19.4 Å². The number of ether oxygens (including phenoxy) is 1. The Kier molecular flexibility index (Phi) is 13.8. The summed E-state index contributed by atoms with van der Waals surface area (Å²) in [5.74, 6) is 1.78. The van der Waals surface area contributed by atoms with Crippen LogP contribution in [0.3, 0.4) is 0 Å². The first-order valence-electron chi connectivity index (χ1n) is 11.6. The van der Waals surface area contributed by atoms with Gasteiger partial charge in [-0.1, -0.05) is 66.5 Å². The molecule has 0 fully saturated rings. The number of thioether (sulfide) groups is 1. The van der Waals surface area contributed by atoms with Crippen LogP contribution in [0.2, 0.25) is 0 Å². The van der Waals surface area contributed by atoms with Gasteiger partial charge in [-0.3, -0.25) is 4.79 Å². The number of rotatable bonds is 15. The number of nitrogens with two attached hydrogens (primary N) is 1. The molecule has 0 aliphatic heterocycles. The molecule has 0 heterocycles. The van der Waals surface area contributed by atoms with Gasteiger partial charge < -0.3 is 15.6 Å². The van der Waals surface area contributed by atoms with Gasteiger partial charge in [0, 0.05) is 5.92 Å². The number of Topliss-reactive ketones (excluding diaryl/α,β-unsaturated/α-hetero) is 1. The Morgan fingerprint density at radius 1 is 1.17 bits per heavy atom. The molecule has 178 valence electrons. The molecule has 0 saturated carbocycles. The lowest BCUT2D eigenvalue weighted by Gasteiger charge is -2.43. The number of ketones is 1. The highest BCUT2D eigenvalue weighted by molar-refractivity contribution is 8.00. The van der Waals surface area contributed by atoms with Crippen molar-refractivity contribution >= 4 is 17.5 Å². The van der Waals surface area contributed by atoms with Crippen LogP contribution in [0.1, 0.15) is 75.2 Å². The maximum atomic E-state index is 11.6. The van der Waals surface area contributed by atoms with Crippen molar-refractivity contribution in [2.45, 2.75) is 86.2 Å². The van der Waals surface area contributed by atoms with Gasteiger partial charge in [0.1, 0.15) is 5.78 Å². The summed E-state index contributed by atoms with van der Waals surface area (Å²) in [6, 6.07) is 0. The Balaban J connectivity index is 5.88. The zero-order chi connectivity index (χ0) is 23.6. The van der Waals surface area contributed by atoms with E-state index in [1.807, 2.05) is 6.92 Å². The van der Waals surface area contributed by atoms with E-state index in [1.165, 1.54) is 5.57 Å². The van der Waals surface area contributed by atoms with Crippen LogP contribution in [0, 0.1) is 35.5 Å². The van der Waals surface area contributed by atoms with E-state index in [9.17, 15) is 9.90 Å². The molecule has 7 unspecified atom stereocenters. The monoisotopic (exact) mass is 443 g/mol. The predicted molar refractivity (Wildman–Crippen MR) is 132 cm³/mol. The Labute approximate surface area is 190 Å². The number of allylic oxidation sites excluding steroid dienone is 2. The van der Waals surface area contributed by atoms with E-state index in [4.69, 9.17) is 10.5 Å². The fourth-order valence-corrected chi connectivity index (χ4v) is 5.04. The van der Waals surface area contributed by atoms with E-state index in [0.717, 1.165) is 12.8 Å². The largest absolute Gasteiger partial charge is 0.367 e. The minimum atomic E-state index is -0.943. The predicted octanol–water partition coefficient (Wildman–Crippen LogP) is 5.53. The molecule has 0 saturated heterocycles. The van der Waals surface area contributed by atoms with E-state index in [1.54, 1.807) is 18.7 Å². The van der Waals surface area contributed by atoms with Crippen molar-refractivity contribution in [3.63, 3.8) is 0 Å². The second kappa shape index (κ2) is 13.9. The maximum Gasteiger partial charge on any atom is 0.169 e. The molecule has 0 aliphatic carbocycles. The van der Waals surface area contributed by atoms with Crippen LogP contribution in [0.25, 0.3) is 0 Å². The average Bonchev–Trinajstić information content (AvgIpc) is 2.69. The van der Waals surface area contributed by atoms with E-state index in [2.05, 4.69) is 60.8 Å². The molecular formula is C25H49NO3S. The van der Waals surface area contributed by atoms with Gasteiger partial charge in [-0.15, -0.1) is 0 Å². The highest BCUT2D eigenvalue weighted by atomic mass is 32.2. The molecule has 3 N–H and O–H groups in total. The number of carbonyl (C=O) groups excluding carboxylic acids is 1. The SMILES string of the molecule is CCC(CN)C(C)C(C)=CC(C)C(CC(C)C(C)C)(SC)C(O)OCC(C)C(C)=O. The molecule has 0 rings (SSSR count). The summed E-state index contributed by atoms with van der Waals surface area (Å²) in [6.45, 7) is 19.8.